The molecule has 4 heteroatoms. The van der Waals surface area contributed by atoms with Crippen molar-refractivity contribution in [3.05, 3.63) is 58.8 Å². The van der Waals surface area contributed by atoms with Crippen molar-refractivity contribution in [1.29, 1.82) is 0 Å². The van der Waals surface area contributed by atoms with E-state index in [1.807, 2.05) is 17.2 Å². The number of carbonyl (C=O) groups is 1. The summed E-state index contributed by atoms with van der Waals surface area (Å²) in [6.45, 7) is 3.23. The van der Waals surface area contributed by atoms with Gasteiger partial charge in [-0.2, -0.15) is 0 Å². The highest BCUT2D eigenvalue weighted by molar-refractivity contribution is 5.94. The van der Waals surface area contributed by atoms with E-state index in [9.17, 15) is 4.79 Å². The summed E-state index contributed by atoms with van der Waals surface area (Å²) in [4.78, 5) is 21.0. The molecule has 29 heavy (non-hydrogen) atoms. The van der Waals surface area contributed by atoms with Crippen molar-refractivity contribution < 1.29 is 4.79 Å². The Morgan fingerprint density at radius 3 is 2.38 bits per heavy atom. The first-order chi connectivity index (χ1) is 14.3. The van der Waals surface area contributed by atoms with Crippen LogP contribution >= 0.6 is 0 Å². The second-order valence-corrected chi connectivity index (χ2v) is 8.93. The molecule has 5 rings (SSSR count). The number of carbonyl (C=O) groups excluding carboxylic acids is 1. The SMILES string of the molecule is O=C1CCCN1c1ccc(Cc2ccc3c(c2)CCN(C2CCCC2)CC3)cn1. The van der Waals surface area contributed by atoms with E-state index < -0.39 is 0 Å². The number of nitrogens with zero attached hydrogens (tertiary/aromatic N) is 3. The molecule has 0 N–H and O–H groups in total. The second kappa shape index (κ2) is 8.27. The van der Waals surface area contributed by atoms with Crippen LogP contribution in [0.3, 0.4) is 0 Å². The zero-order chi connectivity index (χ0) is 19.6. The number of pyridine rings is 1. The molecule has 4 nitrogen and oxygen atoms in total. The summed E-state index contributed by atoms with van der Waals surface area (Å²) in [6.07, 6.45) is 12.4. The molecule has 1 aliphatic carbocycles. The molecule has 3 heterocycles. The maximum Gasteiger partial charge on any atom is 0.228 e. The molecule has 0 bridgehead atoms. The topological polar surface area (TPSA) is 36.4 Å². The van der Waals surface area contributed by atoms with Gasteiger partial charge in [0.25, 0.3) is 0 Å². The summed E-state index contributed by atoms with van der Waals surface area (Å²) in [5, 5.41) is 0. The Balaban J connectivity index is 1.25. The molecule has 3 aliphatic rings. The van der Waals surface area contributed by atoms with Crippen LogP contribution in [-0.4, -0.2) is 41.5 Å². The predicted molar refractivity (Wildman–Crippen MR) is 116 cm³/mol. The third-order valence-corrected chi connectivity index (χ3v) is 7.02. The van der Waals surface area contributed by atoms with Crippen molar-refractivity contribution in [3.8, 4) is 0 Å². The van der Waals surface area contributed by atoms with Crippen LogP contribution in [0.2, 0.25) is 0 Å². The third kappa shape index (κ3) is 4.09. The smallest absolute Gasteiger partial charge is 0.228 e. The molecule has 1 amide bonds. The van der Waals surface area contributed by atoms with E-state index >= 15 is 0 Å². The highest BCUT2D eigenvalue weighted by atomic mass is 16.2. The van der Waals surface area contributed by atoms with Gasteiger partial charge in [-0.05, 0) is 66.8 Å². The van der Waals surface area contributed by atoms with E-state index in [4.69, 9.17) is 0 Å². The number of benzene rings is 1. The van der Waals surface area contributed by atoms with Crippen LogP contribution in [0.25, 0.3) is 0 Å². The lowest BCUT2D eigenvalue weighted by atomic mass is 9.97. The van der Waals surface area contributed by atoms with Gasteiger partial charge < -0.3 is 0 Å². The van der Waals surface area contributed by atoms with Gasteiger partial charge in [-0.25, -0.2) is 4.98 Å². The van der Waals surface area contributed by atoms with Crippen molar-refractivity contribution in [1.82, 2.24) is 9.88 Å². The average molecular weight is 390 g/mol. The molecule has 0 radical (unpaired) electrons. The van der Waals surface area contributed by atoms with Crippen LogP contribution < -0.4 is 4.90 Å². The van der Waals surface area contributed by atoms with Gasteiger partial charge >= 0.3 is 0 Å². The summed E-state index contributed by atoms with van der Waals surface area (Å²) in [5.41, 5.74) is 5.65. The van der Waals surface area contributed by atoms with Crippen LogP contribution in [0.5, 0.6) is 0 Å². The van der Waals surface area contributed by atoms with Gasteiger partial charge in [-0.3, -0.25) is 14.6 Å². The lowest BCUT2D eigenvalue weighted by Crippen LogP contribution is -2.35. The number of hydrogen-bond donors (Lipinski definition) is 0. The van der Waals surface area contributed by atoms with Crippen LogP contribution in [0, 0.1) is 0 Å². The first-order valence-electron chi connectivity index (χ1n) is 11.4. The predicted octanol–water partition coefficient (Wildman–Crippen LogP) is 4.14. The maximum atomic E-state index is 11.9. The van der Waals surface area contributed by atoms with Crippen molar-refractivity contribution in [3.63, 3.8) is 0 Å². The molecule has 152 valence electrons. The van der Waals surface area contributed by atoms with E-state index in [-0.39, 0.29) is 5.91 Å². The van der Waals surface area contributed by atoms with Crippen LogP contribution in [0.1, 0.15) is 60.8 Å². The lowest BCUT2D eigenvalue weighted by molar-refractivity contribution is -0.117. The highest BCUT2D eigenvalue weighted by Gasteiger charge is 2.25. The Morgan fingerprint density at radius 1 is 0.862 bits per heavy atom. The Kier molecular flexibility index (Phi) is 5.36. The quantitative estimate of drug-likeness (QED) is 0.788. The Hall–Kier alpha value is -2.20. The monoisotopic (exact) mass is 389 g/mol. The van der Waals surface area contributed by atoms with E-state index in [1.54, 1.807) is 0 Å². The molecule has 2 aromatic rings. The minimum Gasteiger partial charge on any atom is -0.300 e. The molecule has 1 saturated heterocycles. The Labute approximate surface area is 173 Å². The van der Waals surface area contributed by atoms with Gasteiger partial charge in [0, 0.05) is 38.3 Å². The average Bonchev–Trinajstić information content (AvgIpc) is 3.37. The maximum absolute atomic E-state index is 11.9. The first-order valence-corrected chi connectivity index (χ1v) is 11.4. The fourth-order valence-electron chi connectivity index (χ4n) is 5.35. The van der Waals surface area contributed by atoms with Crippen molar-refractivity contribution in [2.75, 3.05) is 24.5 Å². The fraction of sp³-hybridized carbons (Fsp3) is 0.520. The summed E-state index contributed by atoms with van der Waals surface area (Å²) in [6, 6.07) is 12.0. The molecule has 2 aliphatic heterocycles. The lowest BCUT2D eigenvalue weighted by Gasteiger charge is -2.26. The van der Waals surface area contributed by atoms with Gasteiger partial charge in [0.05, 0.1) is 0 Å². The third-order valence-electron chi connectivity index (χ3n) is 7.02. The van der Waals surface area contributed by atoms with Crippen LogP contribution in [0.4, 0.5) is 5.82 Å². The molecule has 1 aromatic carbocycles. The molecular weight excluding hydrogens is 358 g/mol. The summed E-state index contributed by atoms with van der Waals surface area (Å²) >= 11 is 0. The largest absolute Gasteiger partial charge is 0.300 e. The number of aromatic nitrogens is 1. The molecule has 1 aromatic heterocycles. The number of anilines is 1. The first kappa shape index (κ1) is 18.8. The number of rotatable bonds is 4. The van der Waals surface area contributed by atoms with E-state index in [0.717, 1.165) is 31.2 Å². The van der Waals surface area contributed by atoms with Crippen molar-refractivity contribution in [2.24, 2.45) is 0 Å². The summed E-state index contributed by atoms with van der Waals surface area (Å²) in [7, 11) is 0. The van der Waals surface area contributed by atoms with Crippen molar-refractivity contribution >= 4 is 11.7 Å². The number of hydrogen-bond acceptors (Lipinski definition) is 3. The van der Waals surface area contributed by atoms with Gasteiger partial charge in [0.2, 0.25) is 5.91 Å². The highest BCUT2D eigenvalue weighted by Crippen LogP contribution is 2.27. The van der Waals surface area contributed by atoms with E-state index in [1.165, 1.54) is 73.9 Å². The molecule has 0 atom stereocenters. The standard InChI is InChI=1S/C25H31N3O/c29-25-6-3-13-28(25)24-10-8-20(18-26-24)16-19-7-9-21-11-14-27(15-12-22(21)17-19)23-4-1-2-5-23/h7-10,17-18,23H,1-6,11-16H2. The summed E-state index contributed by atoms with van der Waals surface area (Å²) < 4.78 is 0. The minimum atomic E-state index is 0.197. The van der Waals surface area contributed by atoms with Gasteiger partial charge in [0.15, 0.2) is 0 Å². The number of fused-ring (bicyclic) bond motifs is 1. The Bertz CT molecular complexity index is 870. The molecule has 2 fully saturated rings. The van der Waals surface area contributed by atoms with Gasteiger partial charge in [-0.1, -0.05) is 37.1 Å². The van der Waals surface area contributed by atoms with E-state index in [0.29, 0.717) is 6.42 Å². The van der Waals surface area contributed by atoms with Gasteiger partial charge in [0.1, 0.15) is 5.82 Å². The number of amides is 1. The van der Waals surface area contributed by atoms with E-state index in [2.05, 4.69) is 34.1 Å². The molecule has 1 saturated carbocycles. The summed E-state index contributed by atoms with van der Waals surface area (Å²) in [5.74, 6) is 0.993. The van der Waals surface area contributed by atoms with Crippen LogP contribution in [0.15, 0.2) is 36.5 Å². The molecular formula is C25H31N3O. The second-order valence-electron chi connectivity index (χ2n) is 8.93. The zero-order valence-electron chi connectivity index (χ0n) is 17.3. The van der Waals surface area contributed by atoms with Crippen LogP contribution in [-0.2, 0) is 24.1 Å². The Morgan fingerprint density at radius 2 is 1.66 bits per heavy atom. The van der Waals surface area contributed by atoms with Crippen molar-refractivity contribution in [2.45, 2.75) is 63.8 Å². The fourth-order valence-corrected chi connectivity index (χ4v) is 5.35. The molecule has 0 spiro atoms. The molecule has 0 unspecified atom stereocenters. The van der Waals surface area contributed by atoms with Gasteiger partial charge in [-0.15, -0.1) is 0 Å². The zero-order valence-corrected chi connectivity index (χ0v) is 17.3. The normalized spacial score (nSPS) is 20.8. The minimum absolute atomic E-state index is 0.197.